The molecule has 1 nitrogen and oxygen atoms in total. The Bertz CT molecular complexity index is 542. The molecule has 2 aromatic carbocycles. The first-order valence-corrected chi connectivity index (χ1v) is 6.16. The van der Waals surface area contributed by atoms with E-state index in [0.717, 1.165) is 17.5 Å². The van der Waals surface area contributed by atoms with Crippen molar-refractivity contribution in [2.75, 3.05) is 0 Å². The molecule has 3 rings (SSSR count). The predicted octanol–water partition coefficient (Wildman–Crippen LogP) is 3.50. The fraction of sp³-hybridized carbons (Fsp3) is 0.118. The Morgan fingerprint density at radius 1 is 0.778 bits per heavy atom. The maximum absolute atomic E-state index is 12.4. The minimum absolute atomic E-state index is 0.180. The SMILES string of the molecule is O=C1C=CCC1(c1ccccc1)c1ccccc1. The summed E-state index contributed by atoms with van der Waals surface area (Å²) in [6.45, 7) is 0. The smallest absolute Gasteiger partial charge is 0.170 e. The Balaban J connectivity index is 2.21. The minimum atomic E-state index is -0.511. The van der Waals surface area contributed by atoms with E-state index in [2.05, 4.69) is 0 Å². The fourth-order valence-corrected chi connectivity index (χ4v) is 2.72. The van der Waals surface area contributed by atoms with E-state index in [-0.39, 0.29) is 5.78 Å². The number of carbonyl (C=O) groups excluding carboxylic acids is 1. The number of carbonyl (C=O) groups is 1. The zero-order chi connectivity index (χ0) is 12.4. The average molecular weight is 234 g/mol. The van der Waals surface area contributed by atoms with E-state index in [1.807, 2.05) is 66.7 Å². The Hall–Kier alpha value is -2.15. The Morgan fingerprint density at radius 3 is 1.67 bits per heavy atom. The van der Waals surface area contributed by atoms with Crippen molar-refractivity contribution < 1.29 is 4.79 Å². The van der Waals surface area contributed by atoms with Crippen molar-refractivity contribution in [1.82, 2.24) is 0 Å². The van der Waals surface area contributed by atoms with Crippen LogP contribution in [0, 0.1) is 0 Å². The monoisotopic (exact) mass is 234 g/mol. The molecule has 0 aliphatic heterocycles. The molecule has 88 valence electrons. The third kappa shape index (κ3) is 1.52. The molecule has 0 bridgehead atoms. The Kier molecular flexibility index (Phi) is 2.60. The van der Waals surface area contributed by atoms with E-state index in [9.17, 15) is 4.79 Å². The molecule has 0 saturated carbocycles. The van der Waals surface area contributed by atoms with Crippen LogP contribution in [0.4, 0.5) is 0 Å². The molecule has 0 fully saturated rings. The highest BCUT2D eigenvalue weighted by Gasteiger charge is 2.41. The number of rotatable bonds is 2. The highest BCUT2D eigenvalue weighted by Crippen LogP contribution is 2.40. The summed E-state index contributed by atoms with van der Waals surface area (Å²) in [5.74, 6) is 0.180. The van der Waals surface area contributed by atoms with Crippen LogP contribution in [0.2, 0.25) is 0 Å². The molecule has 1 aliphatic rings. The molecule has 0 unspecified atom stereocenters. The standard InChI is InChI=1S/C17H14O/c18-16-12-7-13-17(16,14-8-3-1-4-9-14)15-10-5-2-6-11-15/h1-12H,13H2. The summed E-state index contributed by atoms with van der Waals surface area (Å²) in [7, 11) is 0. The van der Waals surface area contributed by atoms with Crippen molar-refractivity contribution in [3.63, 3.8) is 0 Å². The van der Waals surface area contributed by atoms with Gasteiger partial charge in [-0.3, -0.25) is 4.79 Å². The van der Waals surface area contributed by atoms with E-state index >= 15 is 0 Å². The van der Waals surface area contributed by atoms with E-state index in [1.165, 1.54) is 0 Å². The first kappa shape index (κ1) is 11.0. The van der Waals surface area contributed by atoms with Gasteiger partial charge in [-0.05, 0) is 23.6 Å². The van der Waals surface area contributed by atoms with Crippen LogP contribution in [-0.4, -0.2) is 5.78 Å². The maximum Gasteiger partial charge on any atom is 0.170 e. The summed E-state index contributed by atoms with van der Waals surface area (Å²) in [5.41, 5.74) is 1.64. The molecule has 0 spiro atoms. The van der Waals surface area contributed by atoms with Crippen molar-refractivity contribution in [1.29, 1.82) is 0 Å². The molecule has 0 N–H and O–H groups in total. The van der Waals surface area contributed by atoms with Gasteiger partial charge in [0.1, 0.15) is 0 Å². The Morgan fingerprint density at radius 2 is 1.28 bits per heavy atom. The molecule has 0 amide bonds. The number of hydrogen-bond acceptors (Lipinski definition) is 1. The molecular formula is C17H14O. The van der Waals surface area contributed by atoms with Gasteiger partial charge in [0.05, 0.1) is 5.41 Å². The second-order valence-electron chi connectivity index (χ2n) is 4.61. The summed E-state index contributed by atoms with van der Waals surface area (Å²) in [6, 6.07) is 20.1. The maximum atomic E-state index is 12.4. The third-order valence-corrected chi connectivity index (χ3v) is 3.65. The minimum Gasteiger partial charge on any atom is -0.293 e. The van der Waals surface area contributed by atoms with Crippen LogP contribution in [0.25, 0.3) is 0 Å². The van der Waals surface area contributed by atoms with Gasteiger partial charge < -0.3 is 0 Å². The van der Waals surface area contributed by atoms with Gasteiger partial charge in [0.15, 0.2) is 5.78 Å². The predicted molar refractivity (Wildman–Crippen MR) is 72.4 cm³/mol. The highest BCUT2D eigenvalue weighted by molar-refractivity contribution is 6.04. The van der Waals surface area contributed by atoms with Crippen LogP contribution in [-0.2, 0) is 10.2 Å². The van der Waals surface area contributed by atoms with Gasteiger partial charge >= 0.3 is 0 Å². The number of allylic oxidation sites excluding steroid dienone is 2. The van der Waals surface area contributed by atoms with Gasteiger partial charge in [0.2, 0.25) is 0 Å². The largest absolute Gasteiger partial charge is 0.293 e. The first-order valence-electron chi connectivity index (χ1n) is 6.16. The summed E-state index contributed by atoms with van der Waals surface area (Å²) in [4.78, 5) is 12.4. The lowest BCUT2D eigenvalue weighted by molar-refractivity contribution is -0.117. The molecule has 0 radical (unpaired) electrons. The number of ketones is 1. The molecule has 0 aromatic heterocycles. The summed E-state index contributed by atoms with van der Waals surface area (Å²) in [5, 5.41) is 0. The summed E-state index contributed by atoms with van der Waals surface area (Å²) < 4.78 is 0. The van der Waals surface area contributed by atoms with Crippen LogP contribution in [0.15, 0.2) is 72.8 Å². The van der Waals surface area contributed by atoms with Gasteiger partial charge in [0, 0.05) is 0 Å². The Labute approximate surface area is 107 Å². The van der Waals surface area contributed by atoms with Crippen LogP contribution in [0.5, 0.6) is 0 Å². The van der Waals surface area contributed by atoms with Gasteiger partial charge in [0.25, 0.3) is 0 Å². The number of benzene rings is 2. The molecular weight excluding hydrogens is 220 g/mol. The van der Waals surface area contributed by atoms with Gasteiger partial charge in [-0.2, -0.15) is 0 Å². The topological polar surface area (TPSA) is 17.1 Å². The fourth-order valence-electron chi connectivity index (χ4n) is 2.72. The van der Waals surface area contributed by atoms with E-state index in [1.54, 1.807) is 6.08 Å². The van der Waals surface area contributed by atoms with Crippen LogP contribution in [0.3, 0.4) is 0 Å². The molecule has 0 heterocycles. The zero-order valence-corrected chi connectivity index (χ0v) is 10.0. The van der Waals surface area contributed by atoms with E-state index < -0.39 is 5.41 Å². The van der Waals surface area contributed by atoms with E-state index in [0.29, 0.717) is 0 Å². The average Bonchev–Trinajstić information content (AvgIpc) is 2.84. The lowest BCUT2D eigenvalue weighted by atomic mass is 9.72. The highest BCUT2D eigenvalue weighted by atomic mass is 16.1. The molecule has 1 heteroatoms. The van der Waals surface area contributed by atoms with Crippen molar-refractivity contribution >= 4 is 5.78 Å². The molecule has 0 atom stereocenters. The second-order valence-corrected chi connectivity index (χ2v) is 4.61. The molecule has 1 aliphatic carbocycles. The van der Waals surface area contributed by atoms with Crippen LogP contribution < -0.4 is 0 Å². The summed E-state index contributed by atoms with van der Waals surface area (Å²) in [6.07, 6.45) is 4.43. The lowest BCUT2D eigenvalue weighted by Gasteiger charge is -2.28. The van der Waals surface area contributed by atoms with Crippen molar-refractivity contribution in [2.45, 2.75) is 11.8 Å². The van der Waals surface area contributed by atoms with Gasteiger partial charge in [-0.1, -0.05) is 66.7 Å². The lowest BCUT2D eigenvalue weighted by Crippen LogP contribution is -2.32. The zero-order valence-electron chi connectivity index (χ0n) is 10.0. The van der Waals surface area contributed by atoms with Crippen molar-refractivity contribution in [3.8, 4) is 0 Å². The quantitative estimate of drug-likeness (QED) is 0.777. The van der Waals surface area contributed by atoms with Crippen molar-refractivity contribution in [3.05, 3.63) is 83.9 Å². The van der Waals surface area contributed by atoms with Crippen LogP contribution in [0.1, 0.15) is 17.5 Å². The van der Waals surface area contributed by atoms with E-state index in [4.69, 9.17) is 0 Å². The molecule has 2 aromatic rings. The third-order valence-electron chi connectivity index (χ3n) is 3.65. The normalized spacial score (nSPS) is 17.0. The van der Waals surface area contributed by atoms with Crippen LogP contribution >= 0.6 is 0 Å². The molecule has 18 heavy (non-hydrogen) atoms. The van der Waals surface area contributed by atoms with Gasteiger partial charge in [-0.15, -0.1) is 0 Å². The first-order chi connectivity index (χ1) is 8.84. The molecule has 0 saturated heterocycles. The summed E-state index contributed by atoms with van der Waals surface area (Å²) >= 11 is 0. The second kappa shape index (κ2) is 4.26. The number of hydrogen-bond donors (Lipinski definition) is 0. The van der Waals surface area contributed by atoms with Gasteiger partial charge in [-0.25, -0.2) is 0 Å². The van der Waals surface area contributed by atoms with Crippen molar-refractivity contribution in [2.24, 2.45) is 0 Å².